The molecule has 1 radical (unpaired) electrons. The molecule has 11 heavy (non-hydrogen) atoms. The van der Waals surface area contributed by atoms with E-state index in [-0.39, 0.29) is 10.6 Å². The van der Waals surface area contributed by atoms with Gasteiger partial charge in [0.1, 0.15) is 0 Å². The van der Waals surface area contributed by atoms with Crippen LogP contribution in [0.25, 0.3) is 0 Å². The third-order valence-corrected chi connectivity index (χ3v) is 1.68. The van der Waals surface area contributed by atoms with Crippen LogP contribution in [0, 0.1) is 30.0 Å². The zero-order chi connectivity index (χ0) is 8.43. The van der Waals surface area contributed by atoms with E-state index in [4.69, 9.17) is 0 Å². The lowest BCUT2D eigenvalue weighted by atomic mass is 10.1. The molecule has 0 saturated carbocycles. The van der Waals surface area contributed by atoms with E-state index in [1.54, 1.807) is 13.0 Å². The SMILES string of the molecule is Cc1[c]ccc([N+](=O)[O-])c1C. The minimum absolute atomic E-state index is 0.168. The average molecular weight is 150 g/mol. The molecule has 0 fully saturated rings. The average Bonchev–Trinajstić information content (AvgIpc) is 1.94. The largest absolute Gasteiger partial charge is 0.272 e. The molecule has 3 nitrogen and oxygen atoms in total. The molecule has 0 heterocycles. The van der Waals surface area contributed by atoms with Gasteiger partial charge in [-0.2, -0.15) is 0 Å². The van der Waals surface area contributed by atoms with E-state index in [1.165, 1.54) is 6.07 Å². The van der Waals surface area contributed by atoms with Gasteiger partial charge in [-0.05, 0) is 31.5 Å². The fourth-order valence-corrected chi connectivity index (χ4v) is 0.869. The third-order valence-electron chi connectivity index (χ3n) is 1.68. The predicted octanol–water partition coefficient (Wildman–Crippen LogP) is 2.01. The minimum atomic E-state index is -0.379. The minimum Gasteiger partial charge on any atom is -0.258 e. The van der Waals surface area contributed by atoms with Gasteiger partial charge < -0.3 is 0 Å². The highest BCUT2D eigenvalue weighted by Gasteiger charge is 2.09. The van der Waals surface area contributed by atoms with E-state index in [1.807, 2.05) is 6.92 Å². The quantitative estimate of drug-likeness (QED) is 0.454. The van der Waals surface area contributed by atoms with Crippen LogP contribution in [0.2, 0.25) is 0 Å². The smallest absolute Gasteiger partial charge is 0.258 e. The van der Waals surface area contributed by atoms with Gasteiger partial charge in [0.25, 0.3) is 5.69 Å². The molecule has 0 amide bonds. The first kappa shape index (κ1) is 7.72. The lowest BCUT2D eigenvalue weighted by molar-refractivity contribution is -0.385. The summed E-state index contributed by atoms with van der Waals surface area (Å²) in [5.74, 6) is 0. The van der Waals surface area contributed by atoms with Gasteiger partial charge >= 0.3 is 0 Å². The summed E-state index contributed by atoms with van der Waals surface area (Å²) in [6.45, 7) is 3.53. The molecule has 0 aliphatic carbocycles. The van der Waals surface area contributed by atoms with E-state index in [0.717, 1.165) is 5.56 Å². The maximum atomic E-state index is 10.4. The molecule has 0 aromatic heterocycles. The summed E-state index contributed by atoms with van der Waals surface area (Å²) in [5, 5.41) is 10.4. The predicted molar refractivity (Wildman–Crippen MR) is 41.4 cm³/mol. The van der Waals surface area contributed by atoms with Gasteiger partial charge in [0.2, 0.25) is 0 Å². The first-order chi connectivity index (χ1) is 5.13. The number of nitro benzene ring substituents is 1. The molecule has 1 aromatic carbocycles. The second kappa shape index (κ2) is 2.70. The first-order valence-corrected chi connectivity index (χ1v) is 3.25. The van der Waals surface area contributed by atoms with Crippen molar-refractivity contribution in [2.24, 2.45) is 0 Å². The fraction of sp³-hybridized carbons (Fsp3) is 0.250. The van der Waals surface area contributed by atoms with Crippen molar-refractivity contribution < 1.29 is 4.92 Å². The Morgan fingerprint density at radius 3 is 2.64 bits per heavy atom. The summed E-state index contributed by atoms with van der Waals surface area (Å²) >= 11 is 0. The number of benzene rings is 1. The summed E-state index contributed by atoms with van der Waals surface area (Å²) in [4.78, 5) is 9.99. The van der Waals surface area contributed by atoms with Crippen LogP contribution in [0.4, 0.5) is 5.69 Å². The fourth-order valence-electron chi connectivity index (χ4n) is 0.869. The highest BCUT2D eigenvalue weighted by molar-refractivity contribution is 5.43. The van der Waals surface area contributed by atoms with E-state index in [9.17, 15) is 10.1 Å². The number of nitro groups is 1. The van der Waals surface area contributed by atoms with Crippen molar-refractivity contribution >= 4 is 5.69 Å². The van der Waals surface area contributed by atoms with Gasteiger partial charge in [0, 0.05) is 11.6 Å². The molecule has 57 valence electrons. The van der Waals surface area contributed by atoms with E-state index >= 15 is 0 Å². The molecule has 1 aromatic rings. The Morgan fingerprint density at radius 2 is 2.18 bits per heavy atom. The molecule has 0 atom stereocenters. The molecule has 0 spiro atoms. The van der Waals surface area contributed by atoms with Crippen molar-refractivity contribution in [2.45, 2.75) is 13.8 Å². The van der Waals surface area contributed by atoms with E-state index in [0.29, 0.717) is 5.56 Å². The van der Waals surface area contributed by atoms with Crippen LogP contribution in [0.15, 0.2) is 12.1 Å². The Morgan fingerprint density at radius 1 is 1.55 bits per heavy atom. The van der Waals surface area contributed by atoms with Gasteiger partial charge in [-0.25, -0.2) is 0 Å². The highest BCUT2D eigenvalue weighted by Crippen LogP contribution is 2.19. The van der Waals surface area contributed by atoms with Crippen LogP contribution in [0.3, 0.4) is 0 Å². The van der Waals surface area contributed by atoms with Crippen LogP contribution in [-0.2, 0) is 0 Å². The molecule has 0 bridgehead atoms. The summed E-state index contributed by atoms with van der Waals surface area (Å²) < 4.78 is 0. The lowest BCUT2D eigenvalue weighted by Crippen LogP contribution is -1.92. The molecular weight excluding hydrogens is 142 g/mol. The van der Waals surface area contributed by atoms with Gasteiger partial charge in [-0.3, -0.25) is 10.1 Å². The Kier molecular flexibility index (Phi) is 1.89. The molecule has 0 unspecified atom stereocenters. The van der Waals surface area contributed by atoms with Gasteiger partial charge in [0.15, 0.2) is 0 Å². The van der Waals surface area contributed by atoms with Crippen LogP contribution < -0.4 is 0 Å². The molecule has 0 aliphatic rings. The Bertz CT molecular complexity index is 294. The summed E-state index contributed by atoms with van der Waals surface area (Å²) in [7, 11) is 0. The zero-order valence-corrected chi connectivity index (χ0v) is 6.42. The Balaban J connectivity index is 3.27. The molecule has 0 saturated heterocycles. The standard InChI is InChI=1S/C8H8NO2/c1-6-4-3-5-8(7(6)2)9(10)11/h3,5H,1-2H3. The number of aryl methyl sites for hydroxylation is 1. The van der Waals surface area contributed by atoms with Crippen LogP contribution in [0.5, 0.6) is 0 Å². The summed E-state index contributed by atoms with van der Waals surface area (Å²) in [6, 6.07) is 5.92. The van der Waals surface area contributed by atoms with Gasteiger partial charge in [-0.1, -0.05) is 0 Å². The molecule has 0 N–H and O–H groups in total. The van der Waals surface area contributed by atoms with E-state index < -0.39 is 0 Å². The Hall–Kier alpha value is -1.38. The van der Waals surface area contributed by atoms with Gasteiger partial charge in [-0.15, -0.1) is 0 Å². The first-order valence-electron chi connectivity index (χ1n) is 3.25. The van der Waals surface area contributed by atoms with Crippen molar-refractivity contribution in [1.29, 1.82) is 0 Å². The van der Waals surface area contributed by atoms with Crippen LogP contribution in [0.1, 0.15) is 11.1 Å². The maximum absolute atomic E-state index is 10.4. The van der Waals surface area contributed by atoms with Crippen molar-refractivity contribution in [2.75, 3.05) is 0 Å². The highest BCUT2D eigenvalue weighted by atomic mass is 16.6. The summed E-state index contributed by atoms with van der Waals surface area (Å²) in [6.07, 6.45) is 0. The topological polar surface area (TPSA) is 43.1 Å². The van der Waals surface area contributed by atoms with Crippen molar-refractivity contribution in [3.05, 3.63) is 39.4 Å². The molecule has 3 heteroatoms. The second-order valence-electron chi connectivity index (χ2n) is 2.37. The number of hydrogen-bond donors (Lipinski definition) is 0. The van der Waals surface area contributed by atoms with Crippen LogP contribution >= 0.6 is 0 Å². The van der Waals surface area contributed by atoms with E-state index in [2.05, 4.69) is 6.07 Å². The molecular formula is C8H8NO2. The number of rotatable bonds is 1. The van der Waals surface area contributed by atoms with Crippen molar-refractivity contribution in [3.63, 3.8) is 0 Å². The summed E-state index contributed by atoms with van der Waals surface area (Å²) in [5.41, 5.74) is 1.69. The zero-order valence-electron chi connectivity index (χ0n) is 6.42. The normalized spacial score (nSPS) is 9.64. The maximum Gasteiger partial charge on any atom is 0.272 e. The van der Waals surface area contributed by atoms with Crippen molar-refractivity contribution in [3.8, 4) is 0 Å². The third kappa shape index (κ3) is 1.37. The van der Waals surface area contributed by atoms with Crippen LogP contribution in [-0.4, -0.2) is 4.92 Å². The molecule has 0 aliphatic heterocycles. The van der Waals surface area contributed by atoms with Gasteiger partial charge in [0.05, 0.1) is 4.92 Å². The van der Waals surface area contributed by atoms with Crippen molar-refractivity contribution in [1.82, 2.24) is 0 Å². The molecule has 1 rings (SSSR count). The number of hydrogen-bond acceptors (Lipinski definition) is 2. The lowest BCUT2D eigenvalue weighted by Gasteiger charge is -1.98. The second-order valence-corrected chi connectivity index (χ2v) is 2.37. The monoisotopic (exact) mass is 150 g/mol. The number of nitrogens with zero attached hydrogens (tertiary/aromatic N) is 1. The Labute approximate surface area is 64.8 Å².